The second kappa shape index (κ2) is 8.62. The molecule has 0 aliphatic rings. The summed E-state index contributed by atoms with van der Waals surface area (Å²) in [5.74, 6) is -2.57. The second-order valence-corrected chi connectivity index (χ2v) is 5.77. The zero-order chi connectivity index (χ0) is 19.1. The lowest BCUT2D eigenvalue weighted by atomic mass is 10.0. The first-order valence-corrected chi connectivity index (χ1v) is 7.46. The third-order valence-electron chi connectivity index (χ3n) is 3.27. The first kappa shape index (κ1) is 19.9. The maximum atomic E-state index is 12.0. The number of carboxylic acid groups (broad SMARTS) is 1. The highest BCUT2D eigenvalue weighted by Crippen LogP contribution is 2.24. The predicted octanol–water partition coefficient (Wildman–Crippen LogP) is 0.522. The minimum absolute atomic E-state index is 0.0562. The fraction of sp³-hybridized carbons (Fsp3) is 0.400. The van der Waals surface area contributed by atoms with Crippen LogP contribution in [0.2, 0.25) is 0 Å². The number of nitrogen functional groups attached to an aromatic ring is 1. The Morgan fingerprint density at radius 2 is 1.96 bits per heavy atom. The van der Waals surface area contributed by atoms with Gasteiger partial charge in [0.05, 0.1) is 17.0 Å². The largest absolute Gasteiger partial charge is 0.480 e. The van der Waals surface area contributed by atoms with Crippen molar-refractivity contribution in [2.75, 3.05) is 12.3 Å². The molecule has 0 spiro atoms. The molecule has 2 amide bonds. The van der Waals surface area contributed by atoms with Gasteiger partial charge in [-0.05, 0) is 18.4 Å². The van der Waals surface area contributed by atoms with Crippen LogP contribution in [-0.2, 0) is 9.59 Å². The monoisotopic (exact) mass is 352 g/mol. The number of nitro benzene ring substituents is 1. The molecular formula is C15H20N4O6. The first-order chi connectivity index (χ1) is 11.6. The Morgan fingerprint density at radius 1 is 1.32 bits per heavy atom. The minimum atomic E-state index is -1.17. The van der Waals surface area contributed by atoms with E-state index >= 15 is 0 Å². The van der Waals surface area contributed by atoms with E-state index in [2.05, 4.69) is 10.6 Å². The number of carbonyl (C=O) groups is 3. The zero-order valence-electron chi connectivity index (χ0n) is 13.8. The quantitative estimate of drug-likeness (QED) is 0.301. The molecule has 0 aliphatic carbocycles. The molecule has 0 saturated heterocycles. The molecular weight excluding hydrogens is 332 g/mol. The highest BCUT2D eigenvalue weighted by Gasteiger charge is 2.22. The summed E-state index contributed by atoms with van der Waals surface area (Å²) in [6.45, 7) is 3.15. The van der Waals surface area contributed by atoms with Gasteiger partial charge in [0, 0.05) is 6.07 Å². The van der Waals surface area contributed by atoms with Crippen LogP contribution < -0.4 is 16.4 Å². The lowest BCUT2D eigenvalue weighted by Gasteiger charge is -2.16. The van der Waals surface area contributed by atoms with Gasteiger partial charge in [0.15, 0.2) is 0 Å². The molecule has 1 atom stereocenters. The van der Waals surface area contributed by atoms with E-state index in [9.17, 15) is 24.5 Å². The number of nitrogens with zero attached hydrogens (tertiary/aromatic N) is 1. The van der Waals surface area contributed by atoms with Gasteiger partial charge >= 0.3 is 5.97 Å². The van der Waals surface area contributed by atoms with E-state index in [1.165, 1.54) is 12.1 Å². The summed E-state index contributed by atoms with van der Waals surface area (Å²) in [5.41, 5.74) is 4.72. The molecule has 1 aromatic rings. The molecule has 10 heteroatoms. The first-order valence-electron chi connectivity index (χ1n) is 7.46. The smallest absolute Gasteiger partial charge is 0.326 e. The van der Waals surface area contributed by atoms with Gasteiger partial charge < -0.3 is 21.5 Å². The Hall–Kier alpha value is -3.17. The SMILES string of the molecule is CC(C)C[C@H](NC(=O)CNC(=O)c1cccc([N+](=O)[O-])c1N)C(=O)O. The van der Waals surface area contributed by atoms with Crippen LogP contribution in [0.5, 0.6) is 0 Å². The molecule has 0 radical (unpaired) electrons. The van der Waals surface area contributed by atoms with E-state index in [1.807, 2.05) is 13.8 Å². The van der Waals surface area contributed by atoms with Crippen molar-refractivity contribution in [3.8, 4) is 0 Å². The van der Waals surface area contributed by atoms with Crippen LogP contribution in [0, 0.1) is 16.0 Å². The van der Waals surface area contributed by atoms with E-state index in [-0.39, 0.29) is 23.6 Å². The molecule has 0 bridgehead atoms. The molecule has 136 valence electrons. The molecule has 0 aliphatic heterocycles. The number of hydrogen-bond acceptors (Lipinski definition) is 6. The van der Waals surface area contributed by atoms with Crippen LogP contribution in [0.4, 0.5) is 11.4 Å². The number of nitrogens with one attached hydrogen (secondary N) is 2. The van der Waals surface area contributed by atoms with Crippen LogP contribution in [0.15, 0.2) is 18.2 Å². The van der Waals surface area contributed by atoms with Crippen molar-refractivity contribution in [1.29, 1.82) is 0 Å². The van der Waals surface area contributed by atoms with E-state index in [0.717, 1.165) is 6.07 Å². The van der Waals surface area contributed by atoms with E-state index in [0.29, 0.717) is 0 Å². The average molecular weight is 352 g/mol. The summed E-state index contributed by atoms with van der Waals surface area (Å²) in [6, 6.07) is 2.68. The van der Waals surface area contributed by atoms with E-state index in [4.69, 9.17) is 10.8 Å². The van der Waals surface area contributed by atoms with Crippen LogP contribution in [0.1, 0.15) is 30.6 Å². The number of carbonyl (C=O) groups excluding carboxylic acids is 2. The Balaban J connectivity index is 2.70. The number of benzene rings is 1. The number of anilines is 1. The van der Waals surface area contributed by atoms with Gasteiger partial charge in [0.2, 0.25) is 5.91 Å². The van der Waals surface area contributed by atoms with Gasteiger partial charge in [-0.2, -0.15) is 0 Å². The Morgan fingerprint density at radius 3 is 2.48 bits per heavy atom. The van der Waals surface area contributed by atoms with Gasteiger partial charge in [-0.1, -0.05) is 19.9 Å². The number of rotatable bonds is 8. The number of amides is 2. The summed E-state index contributed by atoms with van der Waals surface area (Å²) >= 11 is 0. The molecule has 1 rings (SSSR count). The van der Waals surface area contributed by atoms with Crippen LogP contribution in [-0.4, -0.2) is 40.4 Å². The number of aliphatic carboxylic acids is 1. The standard InChI is InChI=1S/C15H20N4O6/c1-8(2)6-10(15(22)23)18-12(20)7-17-14(21)9-4-3-5-11(13(9)16)19(24)25/h3-5,8,10H,6-7,16H2,1-2H3,(H,17,21)(H,18,20)(H,22,23)/t10-/m0/s1. The van der Waals surface area contributed by atoms with Gasteiger partial charge in [0.25, 0.3) is 11.6 Å². The summed E-state index contributed by atoms with van der Waals surface area (Å²) in [5, 5.41) is 24.4. The minimum Gasteiger partial charge on any atom is -0.480 e. The normalized spacial score (nSPS) is 11.6. The maximum absolute atomic E-state index is 12.0. The predicted molar refractivity (Wildman–Crippen MR) is 88.9 cm³/mol. The molecule has 10 nitrogen and oxygen atoms in total. The van der Waals surface area contributed by atoms with Crippen molar-refractivity contribution in [1.82, 2.24) is 10.6 Å². The summed E-state index contributed by atoms with van der Waals surface area (Å²) in [7, 11) is 0. The summed E-state index contributed by atoms with van der Waals surface area (Å²) in [4.78, 5) is 45.0. The molecule has 0 saturated carbocycles. The van der Waals surface area contributed by atoms with Crippen LogP contribution in [0.25, 0.3) is 0 Å². The Kier molecular flexibility index (Phi) is 6.85. The highest BCUT2D eigenvalue weighted by molar-refractivity contribution is 6.02. The maximum Gasteiger partial charge on any atom is 0.326 e. The van der Waals surface area contributed by atoms with Gasteiger partial charge in [-0.25, -0.2) is 4.79 Å². The van der Waals surface area contributed by atoms with Crippen molar-refractivity contribution < 1.29 is 24.4 Å². The van der Waals surface area contributed by atoms with Crippen LogP contribution in [0.3, 0.4) is 0 Å². The lowest BCUT2D eigenvalue weighted by molar-refractivity contribution is -0.383. The third-order valence-corrected chi connectivity index (χ3v) is 3.27. The fourth-order valence-electron chi connectivity index (χ4n) is 2.10. The molecule has 0 aromatic heterocycles. The number of carboxylic acids is 1. The van der Waals surface area contributed by atoms with Crippen LogP contribution >= 0.6 is 0 Å². The Bertz CT molecular complexity index is 689. The average Bonchev–Trinajstić information content (AvgIpc) is 2.51. The van der Waals surface area contributed by atoms with Crippen molar-refractivity contribution in [3.63, 3.8) is 0 Å². The van der Waals surface area contributed by atoms with Crippen molar-refractivity contribution in [3.05, 3.63) is 33.9 Å². The van der Waals surface area contributed by atoms with Crippen molar-refractivity contribution >= 4 is 29.2 Å². The molecule has 0 heterocycles. The molecule has 0 unspecified atom stereocenters. The number of para-hydroxylation sites is 1. The highest BCUT2D eigenvalue weighted by atomic mass is 16.6. The number of hydrogen-bond donors (Lipinski definition) is 4. The Labute approximate surface area is 143 Å². The number of nitro groups is 1. The van der Waals surface area contributed by atoms with Gasteiger partial charge in [-0.3, -0.25) is 19.7 Å². The molecule has 1 aromatic carbocycles. The molecule has 25 heavy (non-hydrogen) atoms. The van der Waals surface area contributed by atoms with Crippen molar-refractivity contribution in [2.45, 2.75) is 26.3 Å². The summed E-state index contributed by atoms with van der Waals surface area (Å²) < 4.78 is 0. The summed E-state index contributed by atoms with van der Waals surface area (Å²) in [6.07, 6.45) is 0.243. The van der Waals surface area contributed by atoms with Gasteiger partial charge in [-0.15, -0.1) is 0 Å². The van der Waals surface area contributed by atoms with E-state index < -0.39 is 41.0 Å². The second-order valence-electron chi connectivity index (χ2n) is 5.77. The zero-order valence-corrected chi connectivity index (χ0v) is 13.8. The lowest BCUT2D eigenvalue weighted by Crippen LogP contribution is -2.46. The number of nitrogens with two attached hydrogens (primary N) is 1. The van der Waals surface area contributed by atoms with E-state index in [1.54, 1.807) is 0 Å². The third kappa shape index (κ3) is 5.75. The molecule has 0 fully saturated rings. The molecule has 5 N–H and O–H groups in total. The van der Waals surface area contributed by atoms with Crippen molar-refractivity contribution in [2.24, 2.45) is 5.92 Å². The fourth-order valence-corrected chi connectivity index (χ4v) is 2.10. The topological polar surface area (TPSA) is 165 Å². The van der Waals surface area contributed by atoms with Gasteiger partial charge in [0.1, 0.15) is 11.7 Å².